The van der Waals surface area contributed by atoms with Crippen LogP contribution in [0.15, 0.2) is 65.2 Å². The van der Waals surface area contributed by atoms with Gasteiger partial charge in [0.15, 0.2) is 6.20 Å². The lowest BCUT2D eigenvalue weighted by Gasteiger charge is -2.11. The van der Waals surface area contributed by atoms with E-state index in [-0.39, 0.29) is 5.56 Å². The second-order valence-corrected chi connectivity index (χ2v) is 9.45. The predicted octanol–water partition coefficient (Wildman–Crippen LogP) is 8.30. The van der Waals surface area contributed by atoms with E-state index in [1.165, 1.54) is 18.3 Å². The second-order valence-electron chi connectivity index (χ2n) is 9.45. The van der Waals surface area contributed by atoms with Crippen LogP contribution in [-0.2, 0) is 7.05 Å². The van der Waals surface area contributed by atoms with Crippen molar-refractivity contribution in [2.75, 3.05) is 0 Å². The number of fused-ring (bicyclic) bond motifs is 3. The number of aromatic nitrogens is 1. The van der Waals surface area contributed by atoms with E-state index in [0.717, 1.165) is 47.6 Å². The van der Waals surface area contributed by atoms with Crippen molar-refractivity contribution in [2.24, 2.45) is 7.05 Å². The smallest absolute Gasteiger partial charge is 0.219 e. The Morgan fingerprint density at radius 1 is 0.886 bits per heavy atom. The molecule has 5 aromatic rings. The molecule has 176 valence electrons. The summed E-state index contributed by atoms with van der Waals surface area (Å²) in [5.41, 5.74) is 4.29. The Bertz CT molecular complexity index is 1750. The quantitative estimate of drug-likeness (QED) is 0.241. The lowest BCUT2D eigenvalue weighted by Crippen LogP contribution is -2.31. The largest absolute Gasteiger partial charge is 0.454 e. The summed E-state index contributed by atoms with van der Waals surface area (Å²) >= 11 is 0. The molecular formula is C31H28F2NO+. The molecule has 0 bridgehead atoms. The molecule has 6 rings (SSSR count). The van der Waals surface area contributed by atoms with Crippen LogP contribution in [0.2, 0.25) is 0 Å². The molecule has 1 aliphatic rings. The van der Waals surface area contributed by atoms with Crippen molar-refractivity contribution in [3.8, 4) is 22.4 Å². The van der Waals surface area contributed by atoms with Gasteiger partial charge in [-0.25, -0.2) is 13.3 Å². The minimum Gasteiger partial charge on any atom is -0.454 e. The van der Waals surface area contributed by atoms with Crippen LogP contribution in [0.5, 0.6) is 0 Å². The average molecular weight is 473 g/mol. The molecule has 1 saturated carbocycles. The highest BCUT2D eigenvalue weighted by Gasteiger charge is 2.24. The van der Waals surface area contributed by atoms with Gasteiger partial charge in [-0.15, -0.1) is 0 Å². The number of hydrogen-bond acceptors (Lipinski definition) is 1. The van der Waals surface area contributed by atoms with E-state index in [9.17, 15) is 4.39 Å². The fourth-order valence-corrected chi connectivity index (χ4v) is 5.40. The van der Waals surface area contributed by atoms with Gasteiger partial charge < -0.3 is 4.42 Å². The monoisotopic (exact) mass is 472 g/mol. The Labute approximate surface area is 209 Å². The molecule has 4 heteroatoms. The fraction of sp³-hybridized carbons (Fsp3) is 0.258. The standard InChI is InChI=1S/C31H28F2NO/c1-18-8-13-23-24-14-15-25(32)29(22-11-9-21(10-12-22)20-6-4-5-7-20)31(24)35-30(23)28(18)27-16-26(33)19(2)17-34(27)3/h8-17,20H,4-7H2,1-3H3/q+1/i2D3,20D. The molecule has 0 atom stereocenters. The molecule has 2 nitrogen and oxygen atoms in total. The Hall–Kier alpha value is -3.53. The summed E-state index contributed by atoms with van der Waals surface area (Å²) in [5, 5.41) is 1.47. The highest BCUT2D eigenvalue weighted by Crippen LogP contribution is 2.42. The third-order valence-corrected chi connectivity index (χ3v) is 7.24. The number of hydrogen-bond donors (Lipinski definition) is 0. The Kier molecular flexibility index (Phi) is 4.23. The van der Waals surface area contributed by atoms with E-state index in [2.05, 4.69) is 0 Å². The first-order valence-corrected chi connectivity index (χ1v) is 11.9. The van der Waals surface area contributed by atoms with Crippen LogP contribution in [0.4, 0.5) is 8.78 Å². The maximum absolute atomic E-state index is 15.4. The summed E-state index contributed by atoms with van der Waals surface area (Å²) in [7, 11) is 1.67. The van der Waals surface area contributed by atoms with Crippen LogP contribution in [0.25, 0.3) is 44.3 Å². The highest BCUT2D eigenvalue weighted by atomic mass is 19.1. The van der Waals surface area contributed by atoms with Gasteiger partial charge >= 0.3 is 0 Å². The maximum Gasteiger partial charge on any atom is 0.219 e. The fourth-order valence-electron chi connectivity index (χ4n) is 5.40. The zero-order chi connectivity index (χ0) is 27.7. The van der Waals surface area contributed by atoms with Gasteiger partial charge in [0.1, 0.15) is 29.8 Å². The molecule has 1 aliphatic carbocycles. The lowest BCUT2D eigenvalue weighted by atomic mass is 9.94. The maximum atomic E-state index is 15.4. The summed E-state index contributed by atoms with van der Waals surface area (Å²) in [6.07, 6.45) is 5.02. The van der Waals surface area contributed by atoms with Crippen molar-refractivity contribution >= 4 is 21.9 Å². The molecule has 0 radical (unpaired) electrons. The normalized spacial score (nSPS) is 17.4. The summed E-state index contributed by atoms with van der Waals surface area (Å²) in [6.45, 7) is -0.711. The van der Waals surface area contributed by atoms with Crippen molar-refractivity contribution in [3.63, 3.8) is 0 Å². The van der Waals surface area contributed by atoms with Gasteiger partial charge in [0.05, 0.1) is 11.1 Å². The van der Waals surface area contributed by atoms with Crippen molar-refractivity contribution in [1.82, 2.24) is 0 Å². The van der Waals surface area contributed by atoms with Gasteiger partial charge in [0, 0.05) is 27.9 Å². The van der Waals surface area contributed by atoms with Crippen LogP contribution in [0.3, 0.4) is 0 Å². The third-order valence-electron chi connectivity index (χ3n) is 7.24. The van der Waals surface area contributed by atoms with Crippen LogP contribution in [0, 0.1) is 25.4 Å². The van der Waals surface area contributed by atoms with E-state index in [1.807, 2.05) is 43.3 Å². The lowest BCUT2D eigenvalue weighted by molar-refractivity contribution is -0.661. The van der Waals surface area contributed by atoms with E-state index in [1.54, 1.807) is 17.7 Å². The van der Waals surface area contributed by atoms with Crippen molar-refractivity contribution in [3.05, 3.63) is 89.1 Å². The summed E-state index contributed by atoms with van der Waals surface area (Å²) < 4.78 is 70.1. The number of rotatable bonds is 3. The number of furan rings is 1. The topological polar surface area (TPSA) is 17.0 Å². The van der Waals surface area contributed by atoms with Gasteiger partial charge in [-0.3, -0.25) is 0 Å². The Balaban J connectivity index is 1.55. The Morgan fingerprint density at radius 2 is 1.57 bits per heavy atom. The molecular weight excluding hydrogens is 440 g/mol. The minimum absolute atomic E-state index is 0.331. The molecule has 2 aromatic heterocycles. The summed E-state index contributed by atoms with van der Waals surface area (Å²) in [5.74, 6) is -1.83. The van der Waals surface area contributed by atoms with Crippen LogP contribution in [0.1, 0.15) is 53.8 Å². The predicted molar refractivity (Wildman–Crippen MR) is 136 cm³/mol. The van der Waals surface area contributed by atoms with Crippen LogP contribution in [-0.4, -0.2) is 0 Å². The highest BCUT2D eigenvalue weighted by molar-refractivity contribution is 6.13. The molecule has 0 amide bonds. The first-order chi connectivity index (χ1) is 18.5. The van der Waals surface area contributed by atoms with E-state index in [0.29, 0.717) is 33.6 Å². The molecule has 0 spiro atoms. The van der Waals surface area contributed by atoms with E-state index in [4.69, 9.17) is 9.90 Å². The van der Waals surface area contributed by atoms with E-state index < -0.39 is 24.4 Å². The van der Waals surface area contributed by atoms with Crippen molar-refractivity contribution in [2.45, 2.75) is 45.4 Å². The molecule has 0 saturated heterocycles. The number of nitrogens with zero attached hydrogens (tertiary/aromatic N) is 1. The zero-order valence-electron chi connectivity index (χ0n) is 23.7. The SMILES string of the molecule is [2H]C([2H])([2H])c1c[n+](C)c(-c2c(C)ccc3c2oc2c(-c4ccc(C5([2H])CCCC5)cc4)c(F)ccc23)cc1F. The Morgan fingerprint density at radius 3 is 2.29 bits per heavy atom. The third kappa shape index (κ3) is 3.54. The molecule has 1 fully saturated rings. The van der Waals surface area contributed by atoms with E-state index >= 15 is 4.39 Å². The van der Waals surface area contributed by atoms with Gasteiger partial charge in [-0.1, -0.05) is 49.2 Å². The first kappa shape index (κ1) is 17.8. The minimum atomic E-state index is -2.58. The zero-order valence-corrected chi connectivity index (χ0v) is 19.7. The summed E-state index contributed by atoms with van der Waals surface area (Å²) in [4.78, 5) is 0. The molecule has 0 N–H and O–H groups in total. The van der Waals surface area contributed by atoms with Gasteiger partial charge in [-0.2, -0.15) is 0 Å². The first-order valence-electron chi connectivity index (χ1n) is 13.9. The average Bonchev–Trinajstić information content (AvgIpc) is 3.49. The van der Waals surface area contributed by atoms with Crippen LogP contribution >= 0.6 is 0 Å². The molecule has 0 unspecified atom stereocenters. The molecule has 3 aromatic carbocycles. The summed E-state index contributed by atoms with van der Waals surface area (Å²) in [6, 6.07) is 15.7. The van der Waals surface area contributed by atoms with Gasteiger partial charge in [0.2, 0.25) is 5.69 Å². The second kappa shape index (κ2) is 8.30. The van der Waals surface area contributed by atoms with Gasteiger partial charge in [0.25, 0.3) is 0 Å². The van der Waals surface area contributed by atoms with Crippen molar-refractivity contribution < 1.29 is 23.2 Å². The molecule has 0 aliphatic heterocycles. The number of pyridine rings is 1. The number of halogens is 2. The molecule has 2 heterocycles. The molecule has 35 heavy (non-hydrogen) atoms. The van der Waals surface area contributed by atoms with Crippen molar-refractivity contribution in [1.29, 1.82) is 0 Å². The number of aryl methyl sites for hydroxylation is 3. The van der Waals surface area contributed by atoms with Crippen LogP contribution < -0.4 is 4.57 Å². The van der Waals surface area contributed by atoms with Gasteiger partial charge in [-0.05, 0) is 61.3 Å². The number of benzene rings is 3.